The van der Waals surface area contributed by atoms with E-state index < -0.39 is 0 Å². The molecule has 0 spiro atoms. The molecule has 0 saturated heterocycles. The van der Waals surface area contributed by atoms with Crippen molar-refractivity contribution in [1.82, 2.24) is 49.8 Å². The van der Waals surface area contributed by atoms with Gasteiger partial charge in [-0.25, -0.2) is 9.97 Å². The lowest BCUT2D eigenvalue weighted by atomic mass is 10.1. The third kappa shape index (κ3) is 8.90. The topological polar surface area (TPSA) is 129 Å². The largest absolute Gasteiger partial charge is 0.251 e. The summed E-state index contributed by atoms with van der Waals surface area (Å²) >= 11 is 0. The van der Waals surface area contributed by atoms with Crippen molar-refractivity contribution in [1.29, 1.82) is 0 Å². The highest BCUT2D eigenvalue weighted by molar-refractivity contribution is 6.03. The van der Waals surface area contributed by atoms with Crippen LogP contribution in [-0.2, 0) is 51.4 Å². The zero-order chi connectivity index (χ0) is 47.8. The lowest BCUT2D eigenvalue weighted by molar-refractivity contribution is 0.882. The molecule has 13 rings (SSSR count). The van der Waals surface area contributed by atoms with E-state index in [-0.39, 0.29) is 0 Å². The van der Waals surface area contributed by atoms with Gasteiger partial charge < -0.3 is 0 Å². The molecule has 11 heterocycles. The molecular formula is C62H46N10. The number of rotatable bonds is 0. The fourth-order valence-corrected chi connectivity index (χ4v) is 9.76. The summed E-state index contributed by atoms with van der Waals surface area (Å²) in [7, 11) is 0. The number of aryl methyl sites for hydroxylation is 8. The predicted molar refractivity (Wildman–Crippen MR) is 285 cm³/mol. The Balaban J connectivity index is 0.844. The first-order valence-corrected chi connectivity index (χ1v) is 24.7. The Bertz CT molecular complexity index is 3530. The predicted octanol–water partition coefficient (Wildman–Crippen LogP) is 12.4. The Morgan fingerprint density at radius 1 is 0.167 bits per heavy atom. The van der Waals surface area contributed by atoms with Gasteiger partial charge in [0.2, 0.25) is 0 Å². The van der Waals surface area contributed by atoms with Crippen molar-refractivity contribution in [3.63, 3.8) is 0 Å². The van der Waals surface area contributed by atoms with Gasteiger partial charge in [0.1, 0.15) is 0 Å². The van der Waals surface area contributed by atoms with E-state index in [2.05, 4.69) is 121 Å². The number of fused-ring (bicyclic) bond motifs is 20. The van der Waals surface area contributed by atoms with Crippen molar-refractivity contribution >= 4 is 43.6 Å². The summed E-state index contributed by atoms with van der Waals surface area (Å²) < 4.78 is 0. The molecule has 1 aliphatic rings. The maximum absolute atomic E-state index is 5.21. The fraction of sp³-hybridized carbons (Fsp3) is 0.129. The van der Waals surface area contributed by atoms with Gasteiger partial charge in [0.15, 0.2) is 0 Å². The molecule has 0 N–H and O–H groups in total. The van der Waals surface area contributed by atoms with Crippen LogP contribution >= 0.6 is 0 Å². The maximum Gasteiger partial charge on any atom is 0.0967 e. The highest BCUT2D eigenvalue weighted by atomic mass is 14.9. The lowest BCUT2D eigenvalue weighted by Crippen LogP contribution is -2.01. The Hall–Kier alpha value is -9.02. The molecule has 10 heteroatoms. The fourth-order valence-electron chi connectivity index (χ4n) is 9.76. The third-order valence-corrected chi connectivity index (χ3v) is 13.6. The molecule has 0 saturated carbocycles. The summed E-state index contributed by atoms with van der Waals surface area (Å²) in [6, 6.07) is 62.4. The van der Waals surface area contributed by atoms with Gasteiger partial charge in [-0.15, -0.1) is 0 Å². The van der Waals surface area contributed by atoms with E-state index >= 15 is 0 Å². The number of aromatic nitrogens is 10. The van der Waals surface area contributed by atoms with E-state index in [4.69, 9.17) is 49.8 Å². The number of hydrogen-bond donors (Lipinski definition) is 0. The highest BCUT2D eigenvalue weighted by Gasteiger charge is 2.14. The first-order chi connectivity index (χ1) is 35.6. The number of nitrogens with zero attached hydrogens (tertiary/aromatic N) is 10. The summed E-state index contributed by atoms with van der Waals surface area (Å²) in [6.07, 6.45) is 5.86. The van der Waals surface area contributed by atoms with E-state index in [1.165, 1.54) is 0 Å². The van der Waals surface area contributed by atoms with Crippen molar-refractivity contribution in [3.05, 3.63) is 228 Å². The standard InChI is InChI=1S/C62H46N10/c1-7-43-31-35-47-27-23-39-19-20-40-24-28-48(68-60(40)59(39)67-47)37-33-45-9-3-13-53(65-45)57-17-6-18-58(72-57)54-14-4-10-46(66-54)34-38-50-30-26-42-22-21-41-25-29-49(69-61(41)62(42)70-50)36-32-44-8-2-12-52(64-44)56-16-5-15-55(71-56)51(11-1)63-43/h1-30H,31-38H2. The number of pyridine rings is 10. The second-order valence-electron chi connectivity index (χ2n) is 18.5. The van der Waals surface area contributed by atoms with Crippen LogP contribution in [0.5, 0.6) is 0 Å². The molecule has 2 aromatic carbocycles. The normalized spacial score (nSPS) is 13.1. The quantitative estimate of drug-likeness (QED) is 0.136. The van der Waals surface area contributed by atoms with Crippen LogP contribution in [0.25, 0.3) is 89.2 Å². The molecule has 0 aliphatic carbocycles. The lowest BCUT2D eigenvalue weighted by Gasteiger charge is -2.10. The Kier molecular flexibility index (Phi) is 11.2. The van der Waals surface area contributed by atoms with E-state index in [1.807, 2.05) is 60.7 Å². The third-order valence-electron chi connectivity index (χ3n) is 13.6. The molecule has 10 nitrogen and oxygen atoms in total. The first-order valence-electron chi connectivity index (χ1n) is 24.7. The monoisotopic (exact) mass is 930 g/mol. The number of hydrogen-bond acceptors (Lipinski definition) is 10. The summed E-state index contributed by atoms with van der Waals surface area (Å²) in [6.45, 7) is 0. The minimum absolute atomic E-state index is 0.731. The summed E-state index contributed by atoms with van der Waals surface area (Å²) in [5.41, 5.74) is 18.1. The van der Waals surface area contributed by atoms with Gasteiger partial charge in [-0.05, 0) is 148 Å². The van der Waals surface area contributed by atoms with E-state index in [1.54, 1.807) is 0 Å². The van der Waals surface area contributed by atoms with Gasteiger partial charge in [0.25, 0.3) is 0 Å². The molecule has 1 aliphatic heterocycles. The van der Waals surface area contributed by atoms with Gasteiger partial charge >= 0.3 is 0 Å². The molecule has 0 amide bonds. The van der Waals surface area contributed by atoms with Crippen LogP contribution in [0.2, 0.25) is 0 Å². The molecule has 12 aromatic rings. The van der Waals surface area contributed by atoms with Gasteiger partial charge in [0.05, 0.1) is 67.6 Å². The zero-order valence-corrected chi connectivity index (χ0v) is 39.4. The summed E-state index contributed by atoms with van der Waals surface area (Å²) in [5.74, 6) is 0. The van der Waals surface area contributed by atoms with E-state index in [9.17, 15) is 0 Å². The Morgan fingerprint density at radius 3 is 0.583 bits per heavy atom. The summed E-state index contributed by atoms with van der Waals surface area (Å²) in [4.78, 5) is 51.4. The van der Waals surface area contributed by atoms with Crippen LogP contribution in [0.3, 0.4) is 0 Å². The van der Waals surface area contributed by atoms with Crippen molar-refractivity contribution < 1.29 is 0 Å². The van der Waals surface area contributed by atoms with Crippen molar-refractivity contribution in [2.24, 2.45) is 0 Å². The second-order valence-corrected chi connectivity index (χ2v) is 18.5. The van der Waals surface area contributed by atoms with Crippen molar-refractivity contribution in [2.75, 3.05) is 0 Å². The van der Waals surface area contributed by atoms with Crippen LogP contribution in [0.1, 0.15) is 45.6 Å². The van der Waals surface area contributed by atoms with Crippen LogP contribution in [-0.4, -0.2) is 49.8 Å². The van der Waals surface area contributed by atoms with Gasteiger partial charge in [-0.1, -0.05) is 84.9 Å². The van der Waals surface area contributed by atoms with Crippen molar-refractivity contribution in [2.45, 2.75) is 51.4 Å². The molecule has 10 aromatic heterocycles. The first kappa shape index (κ1) is 43.0. The SMILES string of the molecule is c1cc2nc(c1)-c1cccc(n1)-c1cccc(n1)CCc1ccc3ccc4ccc(nc4c3n1)CCc1cccc(n1)-c1cccc(n1)-c1cccc(n1)CCc1ccc3ccc4ccc(nc4c3n1)CC2. The molecule has 0 unspecified atom stereocenters. The molecule has 72 heavy (non-hydrogen) atoms. The molecule has 344 valence electrons. The van der Waals surface area contributed by atoms with Gasteiger partial charge in [-0.3, -0.25) is 39.9 Å². The number of benzene rings is 2. The second kappa shape index (κ2) is 18.7. The molecule has 0 fully saturated rings. The van der Waals surface area contributed by atoms with E-state index in [0.29, 0.717) is 0 Å². The molecular weight excluding hydrogens is 885 g/mol. The minimum Gasteiger partial charge on any atom is -0.251 e. The molecule has 0 radical (unpaired) electrons. The average molecular weight is 931 g/mol. The Labute approximate surface area is 416 Å². The molecule has 0 atom stereocenters. The maximum atomic E-state index is 5.21. The van der Waals surface area contributed by atoms with Crippen LogP contribution < -0.4 is 0 Å². The van der Waals surface area contributed by atoms with Crippen LogP contribution in [0, 0.1) is 0 Å². The van der Waals surface area contributed by atoms with Crippen molar-refractivity contribution in [3.8, 4) is 45.6 Å². The smallest absolute Gasteiger partial charge is 0.0967 e. The van der Waals surface area contributed by atoms with Crippen LogP contribution in [0.15, 0.2) is 182 Å². The van der Waals surface area contributed by atoms with Gasteiger partial charge in [0, 0.05) is 67.1 Å². The van der Waals surface area contributed by atoms with E-state index in [0.717, 1.165) is 186 Å². The highest BCUT2D eigenvalue weighted by Crippen LogP contribution is 2.28. The minimum atomic E-state index is 0.731. The zero-order valence-electron chi connectivity index (χ0n) is 39.4. The molecule has 20 bridgehead atoms. The summed E-state index contributed by atoms with van der Waals surface area (Å²) in [5, 5.41) is 4.27. The Morgan fingerprint density at radius 2 is 0.347 bits per heavy atom. The average Bonchev–Trinajstić information content (AvgIpc) is 3.45. The van der Waals surface area contributed by atoms with Gasteiger partial charge in [-0.2, -0.15) is 0 Å². The van der Waals surface area contributed by atoms with Crippen LogP contribution in [0.4, 0.5) is 0 Å².